The van der Waals surface area contributed by atoms with Crippen LogP contribution in [0.2, 0.25) is 0 Å². The second-order valence-corrected chi connectivity index (χ2v) is 4.23. The summed E-state index contributed by atoms with van der Waals surface area (Å²) >= 11 is 1.49. The summed E-state index contributed by atoms with van der Waals surface area (Å²) in [6.45, 7) is -0.00502. The van der Waals surface area contributed by atoms with Gasteiger partial charge >= 0.3 is 18.1 Å². The Morgan fingerprint density at radius 2 is 2.11 bits per heavy atom. The van der Waals surface area contributed by atoms with Gasteiger partial charge in [0.2, 0.25) is 0 Å². The first kappa shape index (κ1) is 16.4. The van der Waals surface area contributed by atoms with Crippen LogP contribution in [-0.2, 0) is 9.53 Å². The quantitative estimate of drug-likeness (QED) is 0.447. The fourth-order valence-electron chi connectivity index (χ4n) is 1.02. The van der Waals surface area contributed by atoms with Crippen molar-refractivity contribution >= 4 is 29.9 Å². The molecule has 0 fully saturated rings. The molecule has 0 saturated heterocycles. The average Bonchev–Trinajstić information content (AvgIpc) is 2.29. The lowest BCUT2D eigenvalue weighted by molar-refractivity contribution is -0.139. The van der Waals surface area contributed by atoms with Crippen LogP contribution in [0.5, 0.6) is 0 Å². The summed E-state index contributed by atoms with van der Waals surface area (Å²) in [6.07, 6.45) is 1.25. The number of ether oxygens (including phenoxy) is 1. The molecule has 104 valence electrons. The molecule has 9 heteroatoms. The van der Waals surface area contributed by atoms with Gasteiger partial charge in [0.15, 0.2) is 0 Å². The molecule has 0 aliphatic heterocycles. The highest BCUT2D eigenvalue weighted by atomic mass is 32.2. The van der Waals surface area contributed by atoms with Crippen LogP contribution < -0.4 is 16.4 Å². The van der Waals surface area contributed by atoms with Crippen LogP contribution in [-0.4, -0.2) is 54.4 Å². The van der Waals surface area contributed by atoms with E-state index >= 15 is 0 Å². The van der Waals surface area contributed by atoms with E-state index in [-0.39, 0.29) is 13.2 Å². The zero-order valence-electron chi connectivity index (χ0n) is 9.97. The number of primary amides is 1. The third kappa shape index (κ3) is 8.50. The molecule has 0 aliphatic carbocycles. The van der Waals surface area contributed by atoms with Gasteiger partial charge in [0, 0.05) is 0 Å². The Kier molecular flexibility index (Phi) is 8.54. The summed E-state index contributed by atoms with van der Waals surface area (Å²) in [6, 6.07) is -1.56. The van der Waals surface area contributed by atoms with Gasteiger partial charge in [-0.25, -0.2) is 14.4 Å². The number of nitrogens with two attached hydrogens (primary N) is 1. The first-order valence-electron chi connectivity index (χ1n) is 5.15. The maximum Gasteiger partial charge on any atom is 0.404 e. The Morgan fingerprint density at radius 1 is 1.44 bits per heavy atom. The first-order valence-corrected chi connectivity index (χ1v) is 6.55. The van der Waals surface area contributed by atoms with Gasteiger partial charge in [-0.3, -0.25) is 0 Å². The maximum absolute atomic E-state index is 11.3. The van der Waals surface area contributed by atoms with Gasteiger partial charge in [-0.1, -0.05) is 0 Å². The predicted octanol–water partition coefficient (Wildman–Crippen LogP) is -0.413. The van der Waals surface area contributed by atoms with Crippen LogP contribution in [0.25, 0.3) is 0 Å². The van der Waals surface area contributed by atoms with Gasteiger partial charge < -0.3 is 26.2 Å². The second-order valence-electron chi connectivity index (χ2n) is 3.24. The second kappa shape index (κ2) is 9.40. The molecular formula is C9H17N3O5S. The summed E-state index contributed by atoms with van der Waals surface area (Å²) in [7, 11) is 0. The van der Waals surface area contributed by atoms with Crippen molar-refractivity contribution in [1.82, 2.24) is 10.6 Å². The maximum atomic E-state index is 11.3. The molecule has 8 nitrogen and oxygen atoms in total. The Bertz CT molecular complexity index is 300. The zero-order valence-corrected chi connectivity index (χ0v) is 10.8. The highest BCUT2D eigenvalue weighted by Gasteiger charge is 2.18. The molecule has 0 radical (unpaired) electrons. The van der Waals surface area contributed by atoms with Crippen LogP contribution in [0.1, 0.15) is 6.42 Å². The molecule has 0 aliphatic rings. The summed E-state index contributed by atoms with van der Waals surface area (Å²) < 4.78 is 4.39. The van der Waals surface area contributed by atoms with Gasteiger partial charge in [0.1, 0.15) is 12.6 Å². The highest BCUT2D eigenvalue weighted by molar-refractivity contribution is 7.98. The fraction of sp³-hybridized carbons (Fsp3) is 0.667. The van der Waals surface area contributed by atoms with Gasteiger partial charge in [-0.15, -0.1) is 0 Å². The van der Waals surface area contributed by atoms with Crippen LogP contribution in [0.4, 0.5) is 9.59 Å². The minimum atomic E-state index is -1.09. The van der Waals surface area contributed by atoms with Crippen LogP contribution >= 0.6 is 11.8 Å². The fourth-order valence-corrected chi connectivity index (χ4v) is 1.49. The molecule has 0 aromatic rings. The van der Waals surface area contributed by atoms with Crippen molar-refractivity contribution < 1.29 is 24.2 Å². The summed E-state index contributed by atoms with van der Waals surface area (Å²) in [5.41, 5.74) is 4.72. The number of carbonyl (C=O) groups is 3. The van der Waals surface area contributed by atoms with E-state index < -0.39 is 24.1 Å². The summed E-state index contributed by atoms with van der Waals surface area (Å²) in [5, 5.41) is 13.5. The topological polar surface area (TPSA) is 131 Å². The van der Waals surface area contributed by atoms with E-state index in [1.807, 2.05) is 6.26 Å². The first-order chi connectivity index (χ1) is 8.47. The number of carboxylic acid groups (broad SMARTS) is 1. The van der Waals surface area contributed by atoms with Crippen molar-refractivity contribution in [3.63, 3.8) is 0 Å². The Labute approximate surface area is 109 Å². The molecular weight excluding hydrogens is 262 g/mol. The Balaban J connectivity index is 3.87. The molecule has 18 heavy (non-hydrogen) atoms. The zero-order chi connectivity index (χ0) is 14.0. The predicted molar refractivity (Wildman–Crippen MR) is 66.5 cm³/mol. The standard InChI is InChI=1S/C9H17N3O5S/c1-18-5-2-6(7(13)14)12-9(16)11-3-4-17-8(10)15/h6H,2-5H2,1H3,(H2,10,15)(H,13,14)(H2,11,12,16). The lowest BCUT2D eigenvalue weighted by Gasteiger charge is -2.14. The van der Waals surface area contributed by atoms with Crippen LogP contribution in [0, 0.1) is 0 Å². The van der Waals surface area contributed by atoms with Gasteiger partial charge in [0.05, 0.1) is 6.54 Å². The van der Waals surface area contributed by atoms with Crippen molar-refractivity contribution in [1.29, 1.82) is 0 Å². The molecule has 0 aromatic carbocycles. The van der Waals surface area contributed by atoms with Crippen molar-refractivity contribution in [2.45, 2.75) is 12.5 Å². The molecule has 0 bridgehead atoms. The highest BCUT2D eigenvalue weighted by Crippen LogP contribution is 2.00. The number of amides is 3. The molecule has 1 atom stereocenters. The van der Waals surface area contributed by atoms with Gasteiger partial charge in [-0.05, 0) is 18.4 Å². The van der Waals surface area contributed by atoms with E-state index in [1.54, 1.807) is 0 Å². The number of urea groups is 1. The SMILES string of the molecule is CSCCC(NC(=O)NCCOC(N)=O)C(=O)O. The number of rotatable bonds is 8. The molecule has 0 saturated carbocycles. The minimum absolute atomic E-state index is 0.0592. The van der Waals surface area contributed by atoms with Crippen LogP contribution in [0.15, 0.2) is 0 Å². The number of nitrogens with one attached hydrogen (secondary N) is 2. The number of carboxylic acids is 1. The molecule has 0 spiro atoms. The van der Waals surface area contributed by atoms with E-state index in [9.17, 15) is 14.4 Å². The third-order valence-electron chi connectivity index (χ3n) is 1.85. The average molecular weight is 279 g/mol. The van der Waals surface area contributed by atoms with Crippen molar-refractivity contribution in [3.05, 3.63) is 0 Å². The number of carbonyl (C=O) groups excluding carboxylic acids is 2. The van der Waals surface area contributed by atoms with Crippen molar-refractivity contribution in [2.75, 3.05) is 25.2 Å². The smallest absolute Gasteiger partial charge is 0.404 e. The summed E-state index contributed by atoms with van der Waals surface area (Å²) in [5.74, 6) is -0.463. The third-order valence-corrected chi connectivity index (χ3v) is 2.49. The van der Waals surface area contributed by atoms with E-state index in [2.05, 4.69) is 15.4 Å². The normalized spacial score (nSPS) is 11.4. The molecule has 0 heterocycles. The van der Waals surface area contributed by atoms with E-state index in [1.165, 1.54) is 11.8 Å². The van der Waals surface area contributed by atoms with Gasteiger partial charge in [0.25, 0.3) is 0 Å². The molecule has 0 aromatic heterocycles. The Morgan fingerprint density at radius 3 is 2.61 bits per heavy atom. The molecule has 5 N–H and O–H groups in total. The number of hydrogen-bond donors (Lipinski definition) is 4. The minimum Gasteiger partial charge on any atom is -0.480 e. The summed E-state index contributed by atoms with van der Waals surface area (Å²) in [4.78, 5) is 32.3. The number of hydrogen-bond acceptors (Lipinski definition) is 5. The lowest BCUT2D eigenvalue weighted by atomic mass is 10.2. The van der Waals surface area contributed by atoms with Crippen molar-refractivity contribution in [3.8, 4) is 0 Å². The van der Waals surface area contributed by atoms with Crippen LogP contribution in [0.3, 0.4) is 0 Å². The molecule has 1 unspecified atom stereocenters. The molecule has 3 amide bonds. The van der Waals surface area contributed by atoms with E-state index in [0.717, 1.165) is 0 Å². The monoisotopic (exact) mass is 279 g/mol. The number of aliphatic carboxylic acids is 1. The lowest BCUT2D eigenvalue weighted by Crippen LogP contribution is -2.47. The van der Waals surface area contributed by atoms with Crippen molar-refractivity contribution in [2.24, 2.45) is 5.73 Å². The largest absolute Gasteiger partial charge is 0.480 e. The Hall–Kier alpha value is -1.64. The van der Waals surface area contributed by atoms with E-state index in [4.69, 9.17) is 10.8 Å². The number of thioether (sulfide) groups is 1. The molecule has 0 rings (SSSR count). The van der Waals surface area contributed by atoms with E-state index in [0.29, 0.717) is 12.2 Å². The van der Waals surface area contributed by atoms with Gasteiger partial charge in [-0.2, -0.15) is 11.8 Å².